The van der Waals surface area contributed by atoms with Crippen LogP contribution >= 0.6 is 0 Å². The van der Waals surface area contributed by atoms with Crippen LogP contribution in [0.5, 0.6) is 0 Å². The zero-order valence-corrected chi connectivity index (χ0v) is 12.6. The van der Waals surface area contributed by atoms with E-state index in [0.717, 1.165) is 0 Å². The maximum Gasteiger partial charge on any atom is 0.451 e. The van der Waals surface area contributed by atoms with Crippen LogP contribution in [0.25, 0.3) is 10.9 Å². The van der Waals surface area contributed by atoms with Crippen LogP contribution in [0.15, 0.2) is 24.3 Å². The van der Waals surface area contributed by atoms with E-state index in [1.807, 2.05) is 13.8 Å². The summed E-state index contributed by atoms with van der Waals surface area (Å²) in [6.07, 6.45) is -4.45. The average molecular weight is 327 g/mol. The Bertz CT molecular complexity index is 717. The Morgan fingerprint density at radius 3 is 2.48 bits per heavy atom. The van der Waals surface area contributed by atoms with Gasteiger partial charge in [-0.2, -0.15) is 13.2 Å². The summed E-state index contributed by atoms with van der Waals surface area (Å²) in [6.45, 7) is 3.66. The van der Waals surface area contributed by atoms with Gasteiger partial charge in [0.15, 0.2) is 0 Å². The molecule has 0 spiro atoms. The number of rotatable bonds is 5. The summed E-state index contributed by atoms with van der Waals surface area (Å²) in [5.74, 6) is -2.52. The maximum absolute atomic E-state index is 12.9. The lowest BCUT2D eigenvalue weighted by atomic mass is 10.0. The largest absolute Gasteiger partial charge is 0.480 e. The molecule has 2 rings (SSSR count). The number of halogens is 3. The molecule has 0 aliphatic heterocycles. The number of hydrogen-bond acceptors (Lipinski definition) is 4. The van der Waals surface area contributed by atoms with Gasteiger partial charge in [-0.25, -0.2) is 14.8 Å². The second kappa shape index (κ2) is 6.39. The number of carboxylic acids is 1. The van der Waals surface area contributed by atoms with E-state index in [4.69, 9.17) is 0 Å². The van der Waals surface area contributed by atoms with Crippen molar-refractivity contribution in [1.82, 2.24) is 9.97 Å². The van der Waals surface area contributed by atoms with E-state index in [1.54, 1.807) is 18.2 Å². The van der Waals surface area contributed by atoms with Crippen molar-refractivity contribution in [3.63, 3.8) is 0 Å². The van der Waals surface area contributed by atoms with Gasteiger partial charge >= 0.3 is 12.1 Å². The molecule has 0 radical (unpaired) electrons. The van der Waals surface area contributed by atoms with Crippen LogP contribution in [0.1, 0.15) is 26.1 Å². The molecule has 0 amide bonds. The van der Waals surface area contributed by atoms with Gasteiger partial charge < -0.3 is 10.4 Å². The highest BCUT2D eigenvalue weighted by atomic mass is 19.4. The predicted molar refractivity (Wildman–Crippen MR) is 79.0 cm³/mol. The molecule has 23 heavy (non-hydrogen) atoms. The van der Waals surface area contributed by atoms with Gasteiger partial charge in [-0.3, -0.25) is 0 Å². The minimum atomic E-state index is -4.71. The van der Waals surface area contributed by atoms with Gasteiger partial charge in [0, 0.05) is 5.39 Å². The van der Waals surface area contributed by atoms with Crippen molar-refractivity contribution >= 4 is 22.7 Å². The van der Waals surface area contributed by atoms with Crippen LogP contribution in [0.4, 0.5) is 19.0 Å². The third kappa shape index (κ3) is 4.08. The molecule has 0 aliphatic rings. The number of nitrogens with one attached hydrogen (secondary N) is 1. The van der Waals surface area contributed by atoms with E-state index in [0.29, 0.717) is 5.39 Å². The van der Waals surface area contributed by atoms with Crippen molar-refractivity contribution in [3.05, 3.63) is 30.1 Å². The molecule has 2 aromatic rings. The number of nitrogens with zero attached hydrogens (tertiary/aromatic N) is 2. The lowest BCUT2D eigenvalue weighted by Crippen LogP contribution is -2.31. The number of fused-ring (bicyclic) bond motifs is 1. The van der Waals surface area contributed by atoms with Gasteiger partial charge in [0.05, 0.1) is 5.52 Å². The van der Waals surface area contributed by atoms with Crippen LogP contribution < -0.4 is 5.32 Å². The molecule has 1 atom stereocenters. The van der Waals surface area contributed by atoms with Crippen LogP contribution in [-0.4, -0.2) is 27.1 Å². The number of aromatic nitrogens is 2. The van der Waals surface area contributed by atoms with Crippen LogP contribution in [-0.2, 0) is 11.0 Å². The highest BCUT2D eigenvalue weighted by Crippen LogP contribution is 2.30. The Hall–Kier alpha value is -2.38. The van der Waals surface area contributed by atoms with Crippen molar-refractivity contribution in [2.75, 3.05) is 5.32 Å². The minimum Gasteiger partial charge on any atom is -0.480 e. The van der Waals surface area contributed by atoms with E-state index in [-0.39, 0.29) is 23.7 Å². The first-order valence-corrected chi connectivity index (χ1v) is 7.02. The van der Waals surface area contributed by atoms with E-state index in [9.17, 15) is 23.1 Å². The molecule has 0 saturated carbocycles. The fourth-order valence-electron chi connectivity index (χ4n) is 2.17. The van der Waals surface area contributed by atoms with Crippen LogP contribution in [0, 0.1) is 5.92 Å². The SMILES string of the molecule is CC(C)C[C@H](Nc1nc(C(F)(F)F)nc2ccccc12)C(=O)O. The second-order valence-electron chi connectivity index (χ2n) is 5.58. The molecule has 124 valence electrons. The molecular formula is C15H16F3N3O2. The summed E-state index contributed by atoms with van der Waals surface area (Å²) >= 11 is 0. The molecule has 8 heteroatoms. The molecule has 1 aromatic heterocycles. The predicted octanol–water partition coefficient (Wildman–Crippen LogP) is 3.56. The Balaban J connectivity index is 2.51. The molecule has 0 aliphatic carbocycles. The van der Waals surface area contributed by atoms with Crippen molar-refractivity contribution in [2.45, 2.75) is 32.5 Å². The molecule has 1 aromatic carbocycles. The zero-order valence-electron chi connectivity index (χ0n) is 12.6. The van der Waals surface area contributed by atoms with Gasteiger partial charge in [-0.05, 0) is 24.5 Å². The summed E-state index contributed by atoms with van der Waals surface area (Å²) < 4.78 is 38.8. The van der Waals surface area contributed by atoms with Crippen molar-refractivity contribution in [3.8, 4) is 0 Å². The lowest BCUT2D eigenvalue weighted by Gasteiger charge is -2.19. The Kier molecular flexibility index (Phi) is 4.72. The Morgan fingerprint density at radius 2 is 1.91 bits per heavy atom. The lowest BCUT2D eigenvalue weighted by molar-refractivity contribution is -0.144. The fourth-order valence-corrected chi connectivity index (χ4v) is 2.17. The molecule has 0 saturated heterocycles. The van der Waals surface area contributed by atoms with E-state index >= 15 is 0 Å². The summed E-state index contributed by atoms with van der Waals surface area (Å²) in [4.78, 5) is 18.3. The minimum absolute atomic E-state index is 0.0544. The van der Waals surface area contributed by atoms with E-state index in [1.165, 1.54) is 6.07 Å². The van der Waals surface area contributed by atoms with E-state index in [2.05, 4.69) is 15.3 Å². The highest BCUT2D eigenvalue weighted by Gasteiger charge is 2.36. The summed E-state index contributed by atoms with van der Waals surface area (Å²) in [7, 11) is 0. The zero-order chi connectivity index (χ0) is 17.2. The average Bonchev–Trinajstić information content (AvgIpc) is 2.44. The molecule has 0 bridgehead atoms. The number of aliphatic carboxylic acids is 1. The van der Waals surface area contributed by atoms with Gasteiger partial charge in [0.25, 0.3) is 0 Å². The van der Waals surface area contributed by atoms with E-state index < -0.39 is 24.0 Å². The van der Waals surface area contributed by atoms with Gasteiger partial charge in [0.1, 0.15) is 11.9 Å². The fraction of sp³-hybridized carbons (Fsp3) is 0.400. The molecule has 0 unspecified atom stereocenters. The molecule has 1 heterocycles. The summed E-state index contributed by atoms with van der Waals surface area (Å²) in [6, 6.07) is 5.13. The van der Waals surface area contributed by atoms with Crippen molar-refractivity contribution < 1.29 is 23.1 Å². The monoisotopic (exact) mass is 327 g/mol. The standard InChI is InChI=1S/C15H16F3N3O2/c1-8(2)7-11(13(22)23)19-12-9-5-3-4-6-10(9)20-14(21-12)15(16,17)18/h3-6,8,11H,7H2,1-2H3,(H,22,23)(H,19,20,21)/t11-/m0/s1. The van der Waals surface area contributed by atoms with Crippen LogP contribution in [0.2, 0.25) is 0 Å². The number of anilines is 1. The van der Waals surface area contributed by atoms with Gasteiger partial charge in [0.2, 0.25) is 5.82 Å². The number of benzene rings is 1. The van der Waals surface area contributed by atoms with Crippen molar-refractivity contribution in [2.24, 2.45) is 5.92 Å². The molecule has 0 fully saturated rings. The Labute approximate surface area is 130 Å². The summed E-state index contributed by atoms with van der Waals surface area (Å²) in [5.41, 5.74) is 0.103. The first kappa shape index (κ1) is 17.0. The molecule has 2 N–H and O–H groups in total. The Morgan fingerprint density at radius 1 is 1.26 bits per heavy atom. The molecular weight excluding hydrogens is 311 g/mol. The second-order valence-corrected chi connectivity index (χ2v) is 5.58. The first-order valence-electron chi connectivity index (χ1n) is 7.02. The normalized spacial score (nSPS) is 13.3. The number of para-hydroxylation sites is 1. The number of alkyl halides is 3. The number of carboxylic acid groups (broad SMARTS) is 1. The third-order valence-corrected chi connectivity index (χ3v) is 3.17. The first-order chi connectivity index (χ1) is 10.7. The smallest absolute Gasteiger partial charge is 0.451 e. The third-order valence-electron chi connectivity index (χ3n) is 3.17. The number of hydrogen-bond donors (Lipinski definition) is 2. The quantitative estimate of drug-likeness (QED) is 0.878. The van der Waals surface area contributed by atoms with Crippen LogP contribution in [0.3, 0.4) is 0 Å². The highest BCUT2D eigenvalue weighted by molar-refractivity contribution is 5.90. The maximum atomic E-state index is 12.9. The summed E-state index contributed by atoms with van der Waals surface area (Å²) in [5, 5.41) is 12.2. The molecule has 5 nitrogen and oxygen atoms in total. The topological polar surface area (TPSA) is 75.1 Å². The van der Waals surface area contributed by atoms with Gasteiger partial charge in [-0.1, -0.05) is 26.0 Å². The van der Waals surface area contributed by atoms with Crippen molar-refractivity contribution in [1.29, 1.82) is 0 Å². The number of carbonyl (C=O) groups is 1. The van der Waals surface area contributed by atoms with Gasteiger partial charge in [-0.15, -0.1) is 0 Å².